The van der Waals surface area contributed by atoms with Crippen LogP contribution in [0.1, 0.15) is 11.5 Å². The van der Waals surface area contributed by atoms with Crippen molar-refractivity contribution in [3.8, 4) is 0 Å². The Morgan fingerprint density at radius 1 is 1.00 bits per heavy atom. The lowest BCUT2D eigenvalue weighted by Gasteiger charge is -2.01. The number of para-hydroxylation sites is 1. The average molecular weight is 298 g/mol. The van der Waals surface area contributed by atoms with Crippen LogP contribution in [0.3, 0.4) is 0 Å². The number of pyridine rings is 1. The van der Waals surface area contributed by atoms with E-state index >= 15 is 0 Å². The summed E-state index contributed by atoms with van der Waals surface area (Å²) in [6, 6.07) is 13.9. The first-order valence-electron chi connectivity index (χ1n) is 6.53. The number of nitrogens with one attached hydrogen (secondary N) is 1. The van der Waals surface area contributed by atoms with Gasteiger partial charge in [-0.1, -0.05) is 30.0 Å². The fourth-order valence-corrected chi connectivity index (χ4v) is 2.46. The fraction of sp³-hybridized carbons (Fsp3) is 0.133. The molecule has 0 saturated carbocycles. The second kappa shape index (κ2) is 6.90. The van der Waals surface area contributed by atoms with E-state index in [4.69, 9.17) is 4.42 Å². The molecule has 0 atom stereocenters. The van der Waals surface area contributed by atoms with Crippen LogP contribution in [0.4, 0.5) is 5.69 Å². The number of anilines is 1. The number of thioether (sulfide) groups is 1. The van der Waals surface area contributed by atoms with Gasteiger partial charge in [-0.2, -0.15) is 0 Å². The Labute approximate surface area is 126 Å². The van der Waals surface area contributed by atoms with Crippen molar-refractivity contribution in [2.24, 2.45) is 0 Å². The van der Waals surface area contributed by atoms with Gasteiger partial charge in [0.15, 0.2) is 0 Å². The Hall–Kier alpha value is -2.34. The summed E-state index contributed by atoms with van der Waals surface area (Å²) < 4.78 is 5.59. The van der Waals surface area contributed by atoms with Crippen molar-refractivity contribution < 1.29 is 4.42 Å². The summed E-state index contributed by atoms with van der Waals surface area (Å²) >= 11 is 1.52. The van der Waals surface area contributed by atoms with Crippen LogP contribution < -0.4 is 5.32 Å². The quantitative estimate of drug-likeness (QED) is 0.704. The second-order valence-corrected chi connectivity index (χ2v) is 5.25. The third kappa shape index (κ3) is 4.06. The van der Waals surface area contributed by atoms with Gasteiger partial charge < -0.3 is 9.73 Å². The lowest BCUT2D eigenvalue weighted by molar-refractivity contribution is 0.418. The van der Waals surface area contributed by atoms with E-state index in [1.54, 1.807) is 12.4 Å². The average Bonchev–Trinajstić information content (AvgIpc) is 3.01. The van der Waals surface area contributed by atoms with Crippen LogP contribution in [0, 0.1) is 0 Å². The van der Waals surface area contributed by atoms with Crippen LogP contribution in [0.2, 0.25) is 0 Å². The SMILES string of the molecule is c1ccc(NCc2nnc(SCc3ccncc3)o2)cc1. The standard InChI is InChI=1S/C15H14N4OS/c1-2-4-13(5-3-1)17-10-14-18-19-15(20-14)21-11-12-6-8-16-9-7-12/h1-9,17H,10-11H2. The number of hydrogen-bond donors (Lipinski definition) is 1. The summed E-state index contributed by atoms with van der Waals surface area (Å²) in [4.78, 5) is 3.99. The van der Waals surface area contributed by atoms with Gasteiger partial charge in [-0.25, -0.2) is 0 Å². The molecule has 0 aliphatic carbocycles. The van der Waals surface area contributed by atoms with Crippen LogP contribution in [-0.4, -0.2) is 15.2 Å². The van der Waals surface area contributed by atoms with E-state index in [0.717, 1.165) is 11.4 Å². The van der Waals surface area contributed by atoms with Gasteiger partial charge in [0.1, 0.15) is 0 Å². The van der Waals surface area contributed by atoms with E-state index in [0.29, 0.717) is 17.7 Å². The predicted octanol–water partition coefficient (Wildman–Crippen LogP) is 3.37. The van der Waals surface area contributed by atoms with Crippen molar-refractivity contribution in [2.75, 3.05) is 5.32 Å². The zero-order valence-corrected chi connectivity index (χ0v) is 12.1. The van der Waals surface area contributed by atoms with Gasteiger partial charge in [-0.3, -0.25) is 4.98 Å². The highest BCUT2D eigenvalue weighted by molar-refractivity contribution is 7.98. The van der Waals surface area contributed by atoms with Crippen molar-refractivity contribution in [3.63, 3.8) is 0 Å². The molecule has 0 unspecified atom stereocenters. The summed E-state index contributed by atoms with van der Waals surface area (Å²) in [7, 11) is 0. The van der Waals surface area contributed by atoms with E-state index in [2.05, 4.69) is 20.5 Å². The molecule has 3 rings (SSSR count). The maximum atomic E-state index is 5.59. The highest BCUT2D eigenvalue weighted by Crippen LogP contribution is 2.21. The summed E-state index contributed by atoms with van der Waals surface area (Å²) in [5.41, 5.74) is 2.21. The number of aromatic nitrogens is 3. The van der Waals surface area contributed by atoms with Gasteiger partial charge in [0, 0.05) is 23.8 Å². The fourth-order valence-electron chi connectivity index (χ4n) is 1.73. The van der Waals surface area contributed by atoms with Crippen LogP contribution in [0.15, 0.2) is 64.5 Å². The molecule has 2 heterocycles. The van der Waals surface area contributed by atoms with E-state index < -0.39 is 0 Å². The van der Waals surface area contributed by atoms with Gasteiger partial charge in [-0.15, -0.1) is 10.2 Å². The summed E-state index contributed by atoms with van der Waals surface area (Å²) in [5.74, 6) is 1.37. The summed E-state index contributed by atoms with van der Waals surface area (Å²) in [6.07, 6.45) is 3.55. The van der Waals surface area contributed by atoms with E-state index in [9.17, 15) is 0 Å². The molecule has 1 aromatic carbocycles. The highest BCUT2D eigenvalue weighted by atomic mass is 32.2. The maximum absolute atomic E-state index is 5.59. The summed E-state index contributed by atoms with van der Waals surface area (Å²) in [5, 5.41) is 11.9. The first kappa shape index (κ1) is 13.6. The highest BCUT2D eigenvalue weighted by Gasteiger charge is 2.06. The van der Waals surface area contributed by atoms with Crippen LogP contribution in [0.25, 0.3) is 0 Å². The van der Waals surface area contributed by atoms with Crippen LogP contribution >= 0.6 is 11.8 Å². The van der Waals surface area contributed by atoms with E-state index in [-0.39, 0.29) is 0 Å². The van der Waals surface area contributed by atoms with Gasteiger partial charge in [0.2, 0.25) is 5.89 Å². The molecule has 0 radical (unpaired) electrons. The minimum absolute atomic E-state index is 0.521. The van der Waals surface area contributed by atoms with Gasteiger partial charge >= 0.3 is 0 Å². The van der Waals surface area contributed by atoms with E-state index in [1.165, 1.54) is 17.3 Å². The van der Waals surface area contributed by atoms with E-state index in [1.807, 2.05) is 42.5 Å². The topological polar surface area (TPSA) is 63.8 Å². The second-order valence-electron chi connectivity index (χ2n) is 4.33. The van der Waals surface area contributed by atoms with Crippen molar-refractivity contribution >= 4 is 17.4 Å². The van der Waals surface area contributed by atoms with Crippen molar-refractivity contribution in [3.05, 3.63) is 66.3 Å². The predicted molar refractivity (Wildman–Crippen MR) is 81.9 cm³/mol. The molecule has 0 aliphatic rings. The number of hydrogen-bond acceptors (Lipinski definition) is 6. The minimum atomic E-state index is 0.521. The Kier molecular flexibility index (Phi) is 4.48. The monoisotopic (exact) mass is 298 g/mol. The molecule has 5 nitrogen and oxygen atoms in total. The lowest BCUT2D eigenvalue weighted by Crippen LogP contribution is -1.99. The van der Waals surface area contributed by atoms with Gasteiger partial charge in [-0.05, 0) is 29.8 Å². The Morgan fingerprint density at radius 3 is 2.62 bits per heavy atom. The number of nitrogens with zero attached hydrogens (tertiary/aromatic N) is 3. The number of benzene rings is 1. The third-order valence-electron chi connectivity index (χ3n) is 2.78. The molecule has 21 heavy (non-hydrogen) atoms. The zero-order valence-electron chi connectivity index (χ0n) is 11.3. The number of rotatable bonds is 6. The molecular weight excluding hydrogens is 284 g/mol. The molecule has 106 valence electrons. The van der Waals surface area contributed by atoms with Gasteiger partial charge in [0.25, 0.3) is 5.22 Å². The first-order valence-corrected chi connectivity index (χ1v) is 7.52. The molecule has 3 aromatic rings. The Morgan fingerprint density at radius 2 is 1.81 bits per heavy atom. The van der Waals surface area contributed by atoms with Gasteiger partial charge in [0.05, 0.1) is 6.54 Å². The van der Waals surface area contributed by atoms with Crippen molar-refractivity contribution in [1.29, 1.82) is 0 Å². The smallest absolute Gasteiger partial charge is 0.276 e. The van der Waals surface area contributed by atoms with Crippen LogP contribution in [0.5, 0.6) is 0 Å². The molecule has 0 saturated heterocycles. The largest absolute Gasteiger partial charge is 0.414 e. The third-order valence-corrected chi connectivity index (χ3v) is 3.67. The molecule has 0 bridgehead atoms. The molecule has 0 amide bonds. The maximum Gasteiger partial charge on any atom is 0.276 e. The minimum Gasteiger partial charge on any atom is -0.414 e. The summed E-state index contributed by atoms with van der Waals surface area (Å²) in [6.45, 7) is 0.521. The Balaban J connectivity index is 1.52. The Bertz CT molecular complexity index is 614. The van der Waals surface area contributed by atoms with Crippen molar-refractivity contribution in [2.45, 2.75) is 17.5 Å². The molecular formula is C15H14N4OS. The molecule has 2 aromatic heterocycles. The molecule has 1 N–H and O–H groups in total. The zero-order chi connectivity index (χ0) is 14.3. The first-order chi connectivity index (χ1) is 10.4. The molecule has 0 spiro atoms. The van der Waals surface area contributed by atoms with Crippen LogP contribution in [-0.2, 0) is 12.3 Å². The van der Waals surface area contributed by atoms with Crippen molar-refractivity contribution in [1.82, 2.24) is 15.2 Å². The molecule has 0 aliphatic heterocycles. The molecule has 6 heteroatoms. The lowest BCUT2D eigenvalue weighted by atomic mass is 10.3. The molecule has 0 fully saturated rings. The normalized spacial score (nSPS) is 10.5.